The molecule has 44 heavy (non-hydrogen) atoms. The van der Waals surface area contributed by atoms with Gasteiger partial charge in [-0.2, -0.15) is 31.6 Å². The van der Waals surface area contributed by atoms with Crippen LogP contribution in [-0.2, 0) is 12.4 Å². The van der Waals surface area contributed by atoms with Crippen molar-refractivity contribution in [3.8, 4) is 6.07 Å². The van der Waals surface area contributed by atoms with Crippen molar-refractivity contribution in [3.63, 3.8) is 0 Å². The van der Waals surface area contributed by atoms with Crippen molar-refractivity contribution in [2.24, 2.45) is 0 Å². The van der Waals surface area contributed by atoms with Crippen LogP contribution in [0.4, 0.5) is 26.3 Å². The topological polar surface area (TPSA) is 92.5 Å². The molecule has 4 aromatic carbocycles. The Labute approximate surface area is 239 Å². The third kappa shape index (κ3) is 3.11. The lowest BCUT2D eigenvalue weighted by molar-refractivity contribution is -0.142. The second-order valence-electron chi connectivity index (χ2n) is 10.9. The van der Waals surface area contributed by atoms with Gasteiger partial charge in [0.2, 0.25) is 0 Å². The molecule has 0 fully saturated rings. The van der Waals surface area contributed by atoms with Crippen LogP contribution in [0.15, 0.2) is 52.1 Å². The summed E-state index contributed by atoms with van der Waals surface area (Å²) in [4.78, 5) is 36.7. The molecule has 8 aromatic rings. The van der Waals surface area contributed by atoms with Crippen LogP contribution < -0.4 is 11.1 Å². The highest BCUT2D eigenvalue weighted by molar-refractivity contribution is 6.29. The molecule has 216 valence electrons. The van der Waals surface area contributed by atoms with E-state index in [0.29, 0.717) is 26.9 Å². The minimum Gasteiger partial charge on any atom is -0.268 e. The number of alkyl halides is 6. The van der Waals surface area contributed by atoms with Gasteiger partial charge in [-0.1, -0.05) is 6.07 Å². The largest absolute Gasteiger partial charge is 0.418 e. The highest BCUT2D eigenvalue weighted by Gasteiger charge is 2.40. The molecule has 0 aliphatic carbocycles. The molecule has 0 N–H and O–H groups in total. The van der Waals surface area contributed by atoms with Gasteiger partial charge in [0.1, 0.15) is 16.8 Å². The zero-order valence-corrected chi connectivity index (χ0v) is 22.4. The van der Waals surface area contributed by atoms with E-state index in [2.05, 4.69) is 4.98 Å². The minimum absolute atomic E-state index is 0.0495. The first-order valence-electron chi connectivity index (χ1n) is 13.0. The van der Waals surface area contributed by atoms with E-state index in [9.17, 15) is 41.2 Å². The Balaban J connectivity index is 1.67. The zero-order chi connectivity index (χ0) is 31.2. The molecular weight excluding hydrogens is 588 g/mol. The molecule has 7 nitrogen and oxygen atoms in total. The monoisotopic (exact) mass is 601 g/mol. The summed E-state index contributed by atoms with van der Waals surface area (Å²) in [6.07, 6.45) is -10.4. The quantitative estimate of drug-likeness (QED) is 0.140. The fourth-order valence-corrected chi connectivity index (χ4v) is 6.50. The molecule has 4 aromatic heterocycles. The number of hydrogen-bond acceptors (Lipinski definition) is 5. The van der Waals surface area contributed by atoms with Gasteiger partial charge in [0.25, 0.3) is 11.1 Å². The standard InChI is InChI=1S/C31H13F6N5O2/c1-11-5-12(2)24-19(6-11)41-26(39-24)15-3-4-16-23-21(13(10-38)7-17(22(15)23)29(41)44)27-40-25-18(31(35,36)37)8-14(30(32,33)34)9-20(25)42(27)28(16)43/h3-9H,1-2H3. The maximum Gasteiger partial charge on any atom is 0.418 e. The molecule has 0 bridgehead atoms. The second-order valence-corrected chi connectivity index (χ2v) is 10.9. The van der Waals surface area contributed by atoms with Gasteiger partial charge in [0.15, 0.2) is 0 Å². The van der Waals surface area contributed by atoms with E-state index in [4.69, 9.17) is 4.98 Å². The summed E-state index contributed by atoms with van der Waals surface area (Å²) in [6.45, 7) is 3.71. The summed E-state index contributed by atoms with van der Waals surface area (Å²) in [6, 6.07) is 10.2. The average molecular weight is 601 g/mol. The average Bonchev–Trinajstić information content (AvgIpc) is 3.52. The van der Waals surface area contributed by atoms with Crippen molar-refractivity contribution in [2.75, 3.05) is 0 Å². The first kappa shape index (κ1) is 26.1. The Kier molecular flexibility index (Phi) is 4.69. The van der Waals surface area contributed by atoms with Gasteiger partial charge < -0.3 is 0 Å². The molecule has 4 heterocycles. The Morgan fingerprint density at radius 1 is 0.705 bits per heavy atom. The second kappa shape index (κ2) is 7.90. The first-order valence-corrected chi connectivity index (χ1v) is 13.0. The van der Waals surface area contributed by atoms with Crippen molar-refractivity contribution >= 4 is 65.7 Å². The molecule has 0 saturated carbocycles. The van der Waals surface area contributed by atoms with Gasteiger partial charge in [-0.05, 0) is 61.4 Å². The van der Waals surface area contributed by atoms with Crippen molar-refractivity contribution in [1.29, 1.82) is 5.26 Å². The maximum atomic E-state index is 14.1. The van der Waals surface area contributed by atoms with E-state index in [1.807, 2.05) is 26.0 Å². The molecule has 0 aliphatic rings. The predicted molar refractivity (Wildman–Crippen MR) is 151 cm³/mol. The van der Waals surface area contributed by atoms with E-state index in [0.717, 1.165) is 11.1 Å². The summed E-state index contributed by atoms with van der Waals surface area (Å²) in [5.74, 6) is 0. The number of aryl methyl sites for hydroxylation is 2. The van der Waals surface area contributed by atoms with Crippen LogP contribution in [0.3, 0.4) is 0 Å². The molecule has 8 rings (SSSR count). The molecule has 0 atom stereocenters. The van der Waals surface area contributed by atoms with Gasteiger partial charge >= 0.3 is 12.4 Å². The number of pyridine rings is 2. The highest BCUT2D eigenvalue weighted by Crippen LogP contribution is 2.43. The predicted octanol–water partition coefficient (Wildman–Crippen LogP) is 6.87. The molecule has 0 radical (unpaired) electrons. The molecule has 0 saturated heterocycles. The number of benzene rings is 4. The van der Waals surface area contributed by atoms with Gasteiger partial charge in [-0.15, -0.1) is 0 Å². The zero-order valence-electron chi connectivity index (χ0n) is 22.4. The fraction of sp³-hybridized carbons (Fsp3) is 0.129. The Morgan fingerprint density at radius 3 is 2.02 bits per heavy atom. The smallest absolute Gasteiger partial charge is 0.268 e. The number of nitrogens with zero attached hydrogens (tertiary/aromatic N) is 5. The van der Waals surface area contributed by atoms with Crippen LogP contribution in [0.2, 0.25) is 0 Å². The SMILES string of the molecule is Cc1cc(C)c2nc3c4ccc5c(=O)n6c7cc(C(F)(F)F)cc(C(F)(F)F)c7nc6c6c(C#N)cc(c(=O)n3c2c1)c4c56. The lowest BCUT2D eigenvalue weighted by atomic mass is 9.93. The molecular formula is C31H13F6N5O2. The van der Waals surface area contributed by atoms with Gasteiger partial charge in [0.05, 0.1) is 44.7 Å². The number of aromatic nitrogens is 4. The number of imidazole rings is 2. The number of rotatable bonds is 0. The summed E-state index contributed by atoms with van der Waals surface area (Å²) < 4.78 is 85.4. The van der Waals surface area contributed by atoms with E-state index in [1.165, 1.54) is 22.6 Å². The Bertz CT molecular complexity index is 2770. The summed E-state index contributed by atoms with van der Waals surface area (Å²) >= 11 is 0. The van der Waals surface area contributed by atoms with Crippen LogP contribution in [0, 0.1) is 25.2 Å². The molecule has 0 unspecified atom stereocenters. The van der Waals surface area contributed by atoms with E-state index in [-0.39, 0.29) is 44.2 Å². The summed E-state index contributed by atoms with van der Waals surface area (Å²) in [5, 5.41) is 10.9. The van der Waals surface area contributed by atoms with Crippen molar-refractivity contribution in [3.05, 3.63) is 91.0 Å². The van der Waals surface area contributed by atoms with E-state index >= 15 is 0 Å². The highest BCUT2D eigenvalue weighted by atomic mass is 19.4. The van der Waals surface area contributed by atoms with Crippen molar-refractivity contribution in [1.82, 2.24) is 18.8 Å². The van der Waals surface area contributed by atoms with Crippen LogP contribution in [0.1, 0.15) is 27.8 Å². The maximum absolute atomic E-state index is 14.1. The minimum atomic E-state index is -5.24. The van der Waals surface area contributed by atoms with Crippen molar-refractivity contribution in [2.45, 2.75) is 26.2 Å². The van der Waals surface area contributed by atoms with Gasteiger partial charge in [-0.3, -0.25) is 18.4 Å². The summed E-state index contributed by atoms with van der Waals surface area (Å²) in [5.41, 5.74) is -3.89. The summed E-state index contributed by atoms with van der Waals surface area (Å²) in [7, 11) is 0. The van der Waals surface area contributed by atoms with E-state index < -0.39 is 51.3 Å². The van der Waals surface area contributed by atoms with E-state index in [1.54, 1.807) is 6.07 Å². The number of halogens is 6. The van der Waals surface area contributed by atoms with Crippen LogP contribution in [0.5, 0.6) is 0 Å². The normalized spacial score (nSPS) is 13.2. The van der Waals surface area contributed by atoms with Crippen LogP contribution in [0.25, 0.3) is 65.7 Å². The van der Waals surface area contributed by atoms with Crippen LogP contribution >= 0.6 is 0 Å². The molecule has 0 spiro atoms. The third-order valence-electron chi connectivity index (χ3n) is 8.22. The van der Waals surface area contributed by atoms with Gasteiger partial charge in [-0.25, -0.2) is 9.97 Å². The number of fused-ring (bicyclic) bond motifs is 8. The molecule has 0 amide bonds. The molecule has 13 heteroatoms. The number of nitriles is 1. The Hall–Kier alpha value is -5.51. The lowest BCUT2D eigenvalue weighted by Gasteiger charge is -2.13. The molecule has 0 aliphatic heterocycles. The fourth-order valence-electron chi connectivity index (χ4n) is 6.50. The van der Waals surface area contributed by atoms with Crippen molar-refractivity contribution < 1.29 is 26.3 Å². The van der Waals surface area contributed by atoms with Crippen LogP contribution in [-0.4, -0.2) is 18.8 Å². The van der Waals surface area contributed by atoms with Gasteiger partial charge in [0, 0.05) is 26.9 Å². The first-order chi connectivity index (χ1) is 20.7. The lowest BCUT2D eigenvalue weighted by Crippen LogP contribution is -2.17. The Morgan fingerprint density at radius 2 is 1.34 bits per heavy atom. The number of hydrogen-bond donors (Lipinski definition) is 0. The third-order valence-corrected chi connectivity index (χ3v) is 8.22.